The van der Waals surface area contributed by atoms with Gasteiger partial charge < -0.3 is 0 Å². The van der Waals surface area contributed by atoms with Crippen LogP contribution in [0, 0.1) is 12.7 Å². The van der Waals surface area contributed by atoms with Crippen molar-refractivity contribution in [1.29, 1.82) is 0 Å². The average Bonchev–Trinajstić information content (AvgIpc) is 2.94. The Kier molecular flexibility index (Phi) is 4.30. The van der Waals surface area contributed by atoms with E-state index in [1.165, 1.54) is 23.1 Å². The summed E-state index contributed by atoms with van der Waals surface area (Å²) >= 11 is 0. The summed E-state index contributed by atoms with van der Waals surface area (Å²) in [7, 11) is -3.85. The van der Waals surface area contributed by atoms with E-state index in [0.717, 1.165) is 23.3 Å². The SMILES string of the molecule is Cc1cccc(Cn2cnc(NS(=O)(=O)c3ccc(F)cc3)n2)c1. The van der Waals surface area contributed by atoms with Crippen molar-refractivity contribution in [1.82, 2.24) is 14.8 Å². The lowest BCUT2D eigenvalue weighted by Crippen LogP contribution is -2.14. The van der Waals surface area contributed by atoms with Gasteiger partial charge in [0.25, 0.3) is 16.0 Å². The van der Waals surface area contributed by atoms with Gasteiger partial charge in [-0.25, -0.2) is 22.2 Å². The van der Waals surface area contributed by atoms with Crippen LogP contribution in [0.25, 0.3) is 0 Å². The smallest absolute Gasteiger partial charge is 0.246 e. The minimum absolute atomic E-state index is 0.0352. The zero-order chi connectivity index (χ0) is 17.2. The summed E-state index contributed by atoms with van der Waals surface area (Å²) < 4.78 is 41.1. The summed E-state index contributed by atoms with van der Waals surface area (Å²) in [5.41, 5.74) is 2.16. The van der Waals surface area contributed by atoms with Crippen LogP contribution in [0.4, 0.5) is 10.3 Å². The lowest BCUT2D eigenvalue weighted by atomic mass is 10.1. The van der Waals surface area contributed by atoms with Gasteiger partial charge in [-0.1, -0.05) is 29.8 Å². The lowest BCUT2D eigenvalue weighted by molar-refractivity contribution is 0.599. The molecule has 0 aliphatic carbocycles. The number of aromatic nitrogens is 3. The second-order valence-corrected chi connectivity index (χ2v) is 7.00. The highest BCUT2D eigenvalue weighted by atomic mass is 32.2. The topological polar surface area (TPSA) is 76.9 Å². The number of benzene rings is 2. The third kappa shape index (κ3) is 3.77. The van der Waals surface area contributed by atoms with E-state index >= 15 is 0 Å². The van der Waals surface area contributed by atoms with E-state index in [1.54, 1.807) is 0 Å². The van der Waals surface area contributed by atoms with Gasteiger partial charge in [-0.3, -0.25) is 0 Å². The Hall–Kier alpha value is -2.74. The highest BCUT2D eigenvalue weighted by molar-refractivity contribution is 7.92. The van der Waals surface area contributed by atoms with E-state index in [-0.39, 0.29) is 10.8 Å². The largest absolute Gasteiger partial charge is 0.264 e. The van der Waals surface area contributed by atoms with Crippen LogP contribution in [0.5, 0.6) is 0 Å². The molecular formula is C16H15FN4O2S. The van der Waals surface area contributed by atoms with Gasteiger partial charge in [-0.2, -0.15) is 4.98 Å². The van der Waals surface area contributed by atoms with Crippen LogP contribution >= 0.6 is 0 Å². The first-order valence-corrected chi connectivity index (χ1v) is 8.64. The van der Waals surface area contributed by atoms with Gasteiger partial charge in [0.1, 0.15) is 12.1 Å². The molecule has 3 rings (SSSR count). The molecule has 6 nitrogen and oxygen atoms in total. The van der Waals surface area contributed by atoms with Gasteiger partial charge in [0.05, 0.1) is 11.4 Å². The molecule has 0 amide bonds. The van der Waals surface area contributed by atoms with Gasteiger partial charge in [0.15, 0.2) is 0 Å². The van der Waals surface area contributed by atoms with Crippen molar-refractivity contribution >= 4 is 16.0 Å². The summed E-state index contributed by atoms with van der Waals surface area (Å²) in [6.07, 6.45) is 1.45. The number of hydrogen-bond acceptors (Lipinski definition) is 4. The summed E-state index contributed by atoms with van der Waals surface area (Å²) in [6, 6.07) is 12.4. The van der Waals surface area contributed by atoms with Gasteiger partial charge in [-0.15, -0.1) is 5.10 Å². The second-order valence-electron chi connectivity index (χ2n) is 5.31. The van der Waals surface area contributed by atoms with Gasteiger partial charge in [0, 0.05) is 0 Å². The molecule has 1 heterocycles. The Morgan fingerprint density at radius 2 is 1.92 bits per heavy atom. The molecule has 0 unspecified atom stereocenters. The maximum Gasteiger partial charge on any atom is 0.264 e. The van der Waals surface area contributed by atoms with Crippen LogP contribution in [-0.4, -0.2) is 23.2 Å². The average molecular weight is 346 g/mol. The molecule has 0 saturated heterocycles. The van der Waals surface area contributed by atoms with Crippen LogP contribution in [0.2, 0.25) is 0 Å². The molecule has 2 aromatic carbocycles. The number of aryl methyl sites for hydroxylation is 1. The zero-order valence-corrected chi connectivity index (χ0v) is 13.7. The number of halogens is 1. The highest BCUT2D eigenvalue weighted by Gasteiger charge is 2.16. The Bertz CT molecular complexity index is 952. The fourth-order valence-electron chi connectivity index (χ4n) is 2.21. The summed E-state index contributed by atoms with van der Waals surface area (Å²) in [4.78, 5) is 3.89. The maximum absolute atomic E-state index is 12.9. The van der Waals surface area contributed by atoms with E-state index in [1.807, 2.05) is 31.2 Å². The number of sulfonamides is 1. The Labute approximate surface area is 139 Å². The Balaban J connectivity index is 1.75. The summed E-state index contributed by atoms with van der Waals surface area (Å²) in [5.74, 6) is -0.540. The molecule has 0 fully saturated rings. The first kappa shape index (κ1) is 16.1. The molecule has 0 aliphatic heterocycles. The Morgan fingerprint density at radius 3 is 2.62 bits per heavy atom. The van der Waals surface area contributed by atoms with Gasteiger partial charge in [-0.05, 0) is 36.8 Å². The minimum atomic E-state index is -3.85. The molecule has 3 aromatic rings. The molecule has 0 radical (unpaired) electrons. The fraction of sp³-hybridized carbons (Fsp3) is 0.125. The van der Waals surface area contributed by atoms with Crippen molar-refractivity contribution in [2.45, 2.75) is 18.4 Å². The monoisotopic (exact) mass is 346 g/mol. The molecule has 0 saturated carbocycles. The number of nitrogens with zero attached hydrogens (tertiary/aromatic N) is 3. The third-order valence-electron chi connectivity index (χ3n) is 3.31. The number of rotatable bonds is 5. The van der Waals surface area contributed by atoms with Crippen molar-refractivity contribution in [3.8, 4) is 0 Å². The summed E-state index contributed by atoms with van der Waals surface area (Å²) in [6.45, 7) is 2.47. The van der Waals surface area contributed by atoms with E-state index in [4.69, 9.17) is 0 Å². The molecule has 0 aliphatic rings. The van der Waals surface area contributed by atoms with Gasteiger partial charge in [0.2, 0.25) is 0 Å². The predicted octanol–water partition coefficient (Wildman–Crippen LogP) is 2.57. The second kappa shape index (κ2) is 6.40. The molecule has 1 N–H and O–H groups in total. The standard InChI is InChI=1S/C16H15FN4O2S/c1-12-3-2-4-13(9-12)10-21-11-18-16(19-21)20-24(22,23)15-7-5-14(17)6-8-15/h2-9,11H,10H2,1H3,(H,19,20). The van der Waals surface area contributed by atoms with E-state index in [9.17, 15) is 12.8 Å². The number of nitrogens with one attached hydrogen (secondary N) is 1. The first-order valence-electron chi connectivity index (χ1n) is 7.16. The minimum Gasteiger partial charge on any atom is -0.246 e. The molecule has 0 bridgehead atoms. The van der Waals surface area contributed by atoms with Crippen LogP contribution in [0.3, 0.4) is 0 Å². The lowest BCUT2D eigenvalue weighted by Gasteiger charge is -2.04. The zero-order valence-electron chi connectivity index (χ0n) is 12.8. The van der Waals surface area contributed by atoms with Crippen molar-refractivity contribution in [3.63, 3.8) is 0 Å². The van der Waals surface area contributed by atoms with E-state index in [0.29, 0.717) is 6.54 Å². The molecule has 0 spiro atoms. The maximum atomic E-state index is 12.9. The molecule has 124 valence electrons. The first-order chi connectivity index (χ1) is 11.4. The van der Waals surface area contributed by atoms with Crippen LogP contribution in [-0.2, 0) is 16.6 Å². The normalized spacial score (nSPS) is 11.4. The van der Waals surface area contributed by atoms with Crippen molar-refractivity contribution in [3.05, 3.63) is 71.8 Å². The van der Waals surface area contributed by atoms with Crippen molar-refractivity contribution in [2.24, 2.45) is 0 Å². The number of anilines is 1. The van der Waals surface area contributed by atoms with E-state index < -0.39 is 15.8 Å². The van der Waals surface area contributed by atoms with Crippen LogP contribution in [0.15, 0.2) is 59.8 Å². The molecule has 24 heavy (non-hydrogen) atoms. The highest BCUT2D eigenvalue weighted by Crippen LogP contribution is 2.14. The molecule has 1 aromatic heterocycles. The number of hydrogen-bond donors (Lipinski definition) is 1. The van der Waals surface area contributed by atoms with Crippen molar-refractivity contribution < 1.29 is 12.8 Å². The molecule has 8 heteroatoms. The molecular weight excluding hydrogens is 331 g/mol. The fourth-order valence-corrected chi connectivity index (χ4v) is 3.15. The van der Waals surface area contributed by atoms with Gasteiger partial charge >= 0.3 is 0 Å². The Morgan fingerprint density at radius 1 is 1.17 bits per heavy atom. The third-order valence-corrected chi connectivity index (χ3v) is 4.66. The van der Waals surface area contributed by atoms with E-state index in [2.05, 4.69) is 14.8 Å². The van der Waals surface area contributed by atoms with Crippen LogP contribution in [0.1, 0.15) is 11.1 Å². The van der Waals surface area contributed by atoms with Crippen molar-refractivity contribution in [2.75, 3.05) is 4.72 Å². The quantitative estimate of drug-likeness (QED) is 0.770. The molecule has 0 atom stereocenters. The predicted molar refractivity (Wildman–Crippen MR) is 87.5 cm³/mol. The van der Waals surface area contributed by atoms with Crippen LogP contribution < -0.4 is 4.72 Å². The summed E-state index contributed by atoms with van der Waals surface area (Å²) in [5, 5.41) is 4.10.